The van der Waals surface area contributed by atoms with Crippen LogP contribution in [0.3, 0.4) is 0 Å². The van der Waals surface area contributed by atoms with Crippen molar-refractivity contribution >= 4 is 6.34 Å². The van der Waals surface area contributed by atoms with Gasteiger partial charge in [0.25, 0.3) is 0 Å². The van der Waals surface area contributed by atoms with Crippen LogP contribution < -0.4 is 5.32 Å². The van der Waals surface area contributed by atoms with Gasteiger partial charge in [-0.2, -0.15) is 0 Å². The van der Waals surface area contributed by atoms with Crippen molar-refractivity contribution < 1.29 is 0 Å². The van der Waals surface area contributed by atoms with Crippen LogP contribution in [0, 0.1) is 0 Å². The topological polar surface area (TPSA) is 24.4 Å². The minimum Gasteiger partial charge on any atom is -0.350 e. The van der Waals surface area contributed by atoms with E-state index >= 15 is 0 Å². The summed E-state index contributed by atoms with van der Waals surface area (Å²) in [6.45, 7) is 3.72. The number of hydrogen-bond acceptors (Lipinski definition) is 2. The molecule has 0 saturated carbocycles. The van der Waals surface area contributed by atoms with Gasteiger partial charge in [0.05, 0.1) is 6.34 Å². The molecular formula is C6H8N2. The van der Waals surface area contributed by atoms with Crippen molar-refractivity contribution in [3.8, 4) is 0 Å². The van der Waals surface area contributed by atoms with Gasteiger partial charge in [-0.25, -0.2) is 4.99 Å². The first-order valence-electron chi connectivity index (χ1n) is 2.50. The predicted octanol–water partition coefficient (Wildman–Crippen LogP) is 1.04. The molecule has 0 atom stereocenters. The van der Waals surface area contributed by atoms with Crippen LogP contribution in [0.25, 0.3) is 0 Å². The molecule has 1 N–H and O–H groups in total. The highest BCUT2D eigenvalue weighted by molar-refractivity contribution is 5.58. The largest absolute Gasteiger partial charge is 0.350 e. The smallest absolute Gasteiger partial charge is 0.0920 e. The third kappa shape index (κ3) is 1.22. The molecule has 8 heavy (non-hydrogen) atoms. The maximum Gasteiger partial charge on any atom is 0.0920 e. The molecular weight excluding hydrogens is 100 g/mol. The first-order valence-corrected chi connectivity index (χ1v) is 2.50. The number of nitrogens with zero attached hydrogens (tertiary/aromatic N) is 1. The highest BCUT2D eigenvalue weighted by Gasteiger charge is 1.86. The molecule has 1 heterocycles. The summed E-state index contributed by atoms with van der Waals surface area (Å²) in [4.78, 5) is 3.84. The zero-order chi connectivity index (χ0) is 5.82. The molecule has 0 aromatic heterocycles. The normalized spacial score (nSPS) is 17.8. The molecule has 0 amide bonds. The van der Waals surface area contributed by atoms with E-state index in [4.69, 9.17) is 0 Å². The van der Waals surface area contributed by atoms with E-state index < -0.39 is 0 Å². The Bertz CT molecular complexity index is 129. The SMILES string of the molecule is C=C1CC=CN=CN1. The van der Waals surface area contributed by atoms with E-state index in [1.54, 1.807) is 12.5 Å². The number of rotatable bonds is 0. The van der Waals surface area contributed by atoms with Crippen molar-refractivity contribution in [2.75, 3.05) is 0 Å². The van der Waals surface area contributed by atoms with E-state index in [0.717, 1.165) is 12.1 Å². The van der Waals surface area contributed by atoms with E-state index in [9.17, 15) is 0 Å². The molecule has 0 aromatic carbocycles. The van der Waals surface area contributed by atoms with Crippen LogP contribution in [-0.2, 0) is 0 Å². The Morgan fingerprint density at radius 1 is 1.75 bits per heavy atom. The van der Waals surface area contributed by atoms with Crippen molar-refractivity contribution in [3.63, 3.8) is 0 Å². The third-order valence-corrected chi connectivity index (χ3v) is 0.899. The van der Waals surface area contributed by atoms with Gasteiger partial charge in [-0.3, -0.25) is 0 Å². The fourth-order valence-corrected chi connectivity index (χ4v) is 0.486. The van der Waals surface area contributed by atoms with Crippen LogP contribution in [0.2, 0.25) is 0 Å². The summed E-state index contributed by atoms with van der Waals surface area (Å²) >= 11 is 0. The summed E-state index contributed by atoms with van der Waals surface area (Å²) < 4.78 is 0. The summed E-state index contributed by atoms with van der Waals surface area (Å²) in [5.74, 6) is 0. The Labute approximate surface area is 48.6 Å². The van der Waals surface area contributed by atoms with Crippen molar-refractivity contribution in [1.82, 2.24) is 5.32 Å². The molecule has 1 aliphatic rings. The Balaban J connectivity index is 2.58. The lowest BCUT2D eigenvalue weighted by Crippen LogP contribution is -2.06. The fourth-order valence-electron chi connectivity index (χ4n) is 0.486. The predicted molar refractivity (Wildman–Crippen MR) is 34.5 cm³/mol. The van der Waals surface area contributed by atoms with E-state index in [-0.39, 0.29) is 0 Å². The Kier molecular flexibility index (Phi) is 1.47. The quantitative estimate of drug-likeness (QED) is 0.492. The second-order valence-electron chi connectivity index (χ2n) is 1.61. The van der Waals surface area contributed by atoms with Crippen molar-refractivity contribution in [2.24, 2.45) is 4.99 Å². The zero-order valence-corrected chi connectivity index (χ0v) is 4.59. The van der Waals surface area contributed by atoms with Crippen LogP contribution >= 0.6 is 0 Å². The van der Waals surface area contributed by atoms with Crippen molar-refractivity contribution in [3.05, 3.63) is 24.6 Å². The highest BCUT2D eigenvalue weighted by Crippen LogP contribution is 1.95. The molecule has 0 spiro atoms. The summed E-state index contributed by atoms with van der Waals surface area (Å²) in [5.41, 5.74) is 0.988. The molecule has 0 aliphatic carbocycles. The second-order valence-corrected chi connectivity index (χ2v) is 1.61. The molecule has 2 heteroatoms. The van der Waals surface area contributed by atoms with Crippen LogP contribution in [0.15, 0.2) is 29.5 Å². The molecule has 0 bridgehead atoms. The summed E-state index contributed by atoms with van der Waals surface area (Å²) in [5, 5.41) is 2.90. The molecule has 1 rings (SSSR count). The summed E-state index contributed by atoms with van der Waals surface area (Å²) in [7, 11) is 0. The van der Waals surface area contributed by atoms with Gasteiger partial charge in [0, 0.05) is 18.3 Å². The molecule has 0 aromatic rings. The van der Waals surface area contributed by atoms with Gasteiger partial charge >= 0.3 is 0 Å². The van der Waals surface area contributed by atoms with Gasteiger partial charge in [-0.05, 0) is 0 Å². The lowest BCUT2D eigenvalue weighted by molar-refractivity contribution is 1.08. The minimum atomic E-state index is 0.875. The monoisotopic (exact) mass is 108 g/mol. The Morgan fingerprint density at radius 2 is 2.62 bits per heavy atom. The van der Waals surface area contributed by atoms with E-state index in [1.165, 1.54) is 0 Å². The highest BCUT2D eigenvalue weighted by atomic mass is 14.9. The molecule has 0 saturated heterocycles. The average molecular weight is 108 g/mol. The van der Waals surface area contributed by atoms with Gasteiger partial charge < -0.3 is 5.32 Å². The maximum absolute atomic E-state index is 3.84. The van der Waals surface area contributed by atoms with E-state index in [1.807, 2.05) is 6.08 Å². The molecule has 2 nitrogen and oxygen atoms in total. The van der Waals surface area contributed by atoms with Gasteiger partial charge in [0.2, 0.25) is 0 Å². The standard InChI is InChI=1S/C6H8N2/c1-6-3-2-4-7-5-8-6/h2,4-5H,1,3H2,(H,7,8). The van der Waals surface area contributed by atoms with Gasteiger partial charge in [-0.15, -0.1) is 0 Å². The number of aliphatic imine (C=N–C) groups is 1. The average Bonchev–Trinajstić information content (AvgIpc) is 1.94. The number of nitrogens with one attached hydrogen (secondary N) is 1. The second kappa shape index (κ2) is 2.31. The number of hydrogen-bond donors (Lipinski definition) is 1. The van der Waals surface area contributed by atoms with E-state index in [2.05, 4.69) is 16.9 Å². The minimum absolute atomic E-state index is 0.875. The summed E-state index contributed by atoms with van der Waals surface area (Å²) in [6, 6.07) is 0. The van der Waals surface area contributed by atoms with Gasteiger partial charge in [-0.1, -0.05) is 12.7 Å². The first kappa shape index (κ1) is 5.09. The zero-order valence-electron chi connectivity index (χ0n) is 4.59. The maximum atomic E-state index is 3.84. The molecule has 42 valence electrons. The van der Waals surface area contributed by atoms with Crippen LogP contribution in [0.4, 0.5) is 0 Å². The molecule has 0 radical (unpaired) electrons. The van der Waals surface area contributed by atoms with Crippen LogP contribution in [0.5, 0.6) is 0 Å². The fraction of sp³-hybridized carbons (Fsp3) is 0.167. The molecule has 0 fully saturated rings. The lowest BCUT2D eigenvalue weighted by atomic mass is 10.3. The first-order chi connectivity index (χ1) is 3.89. The Morgan fingerprint density at radius 3 is 3.50 bits per heavy atom. The van der Waals surface area contributed by atoms with Gasteiger partial charge in [0.1, 0.15) is 0 Å². The van der Waals surface area contributed by atoms with Gasteiger partial charge in [0.15, 0.2) is 0 Å². The van der Waals surface area contributed by atoms with Crippen molar-refractivity contribution in [1.29, 1.82) is 0 Å². The van der Waals surface area contributed by atoms with Crippen molar-refractivity contribution in [2.45, 2.75) is 6.42 Å². The summed E-state index contributed by atoms with van der Waals surface area (Å²) in [6.07, 6.45) is 6.22. The third-order valence-electron chi connectivity index (χ3n) is 0.899. The van der Waals surface area contributed by atoms with Crippen LogP contribution in [0.1, 0.15) is 6.42 Å². The van der Waals surface area contributed by atoms with Crippen LogP contribution in [-0.4, -0.2) is 6.34 Å². The number of allylic oxidation sites excluding steroid dienone is 1. The molecule has 1 aliphatic heterocycles. The Hall–Kier alpha value is -1.05. The molecule has 0 unspecified atom stereocenters. The van der Waals surface area contributed by atoms with E-state index in [0.29, 0.717) is 0 Å². The lowest BCUT2D eigenvalue weighted by Gasteiger charge is -1.94.